The van der Waals surface area contributed by atoms with Crippen LogP contribution in [0.5, 0.6) is 0 Å². The number of amides is 3. The minimum Gasteiger partial charge on any atom is -0.422 e. The zero-order valence-electron chi connectivity index (χ0n) is 10.8. The predicted octanol–water partition coefficient (Wildman–Crippen LogP) is -0.108. The van der Waals surface area contributed by atoms with E-state index in [0.29, 0.717) is 11.0 Å². The monoisotopic (exact) mass is 286 g/mol. The molecule has 3 rings (SSSR count). The van der Waals surface area contributed by atoms with Gasteiger partial charge in [0.05, 0.1) is 0 Å². The molecule has 0 aliphatic carbocycles. The molecule has 1 aliphatic rings. The highest BCUT2D eigenvalue weighted by atomic mass is 16.4. The first-order valence-corrected chi connectivity index (χ1v) is 6.19. The van der Waals surface area contributed by atoms with Gasteiger partial charge in [-0.15, -0.1) is 0 Å². The van der Waals surface area contributed by atoms with Gasteiger partial charge in [-0.25, -0.2) is 4.79 Å². The van der Waals surface area contributed by atoms with Crippen LogP contribution in [-0.2, 0) is 9.59 Å². The molecule has 2 heterocycles. The molecule has 21 heavy (non-hydrogen) atoms. The molecular formula is C14H10N2O5. The number of hydrogen-bond acceptors (Lipinski definition) is 5. The van der Waals surface area contributed by atoms with Crippen molar-refractivity contribution in [1.29, 1.82) is 0 Å². The largest absolute Gasteiger partial charge is 0.422 e. The van der Waals surface area contributed by atoms with Crippen molar-refractivity contribution >= 4 is 28.7 Å². The molecule has 0 atom stereocenters. The van der Waals surface area contributed by atoms with Gasteiger partial charge in [-0.2, -0.15) is 0 Å². The van der Waals surface area contributed by atoms with E-state index < -0.39 is 23.3 Å². The van der Waals surface area contributed by atoms with E-state index >= 15 is 0 Å². The summed E-state index contributed by atoms with van der Waals surface area (Å²) >= 11 is 0. The van der Waals surface area contributed by atoms with Gasteiger partial charge in [0, 0.05) is 5.39 Å². The van der Waals surface area contributed by atoms with Crippen LogP contribution in [0.2, 0.25) is 0 Å². The minimum atomic E-state index is -0.794. The number of para-hydroxylation sites is 1. The second-order valence-electron chi connectivity index (χ2n) is 4.62. The summed E-state index contributed by atoms with van der Waals surface area (Å²) in [5, 5.41) is 2.68. The number of imide groups is 1. The van der Waals surface area contributed by atoms with Crippen LogP contribution in [-0.4, -0.2) is 35.7 Å². The highest BCUT2D eigenvalue weighted by molar-refractivity contribution is 6.06. The van der Waals surface area contributed by atoms with E-state index in [2.05, 4.69) is 5.32 Å². The fourth-order valence-corrected chi connectivity index (χ4v) is 2.16. The van der Waals surface area contributed by atoms with E-state index in [1.807, 2.05) is 0 Å². The van der Waals surface area contributed by atoms with Gasteiger partial charge in [0.2, 0.25) is 11.8 Å². The van der Waals surface area contributed by atoms with Crippen molar-refractivity contribution in [1.82, 2.24) is 10.2 Å². The summed E-state index contributed by atoms with van der Waals surface area (Å²) < 4.78 is 5.07. The Hall–Kier alpha value is -2.96. The molecule has 1 aromatic heterocycles. The number of piperazine rings is 1. The van der Waals surface area contributed by atoms with Gasteiger partial charge >= 0.3 is 5.63 Å². The lowest BCUT2D eigenvalue weighted by molar-refractivity contribution is -0.135. The van der Waals surface area contributed by atoms with E-state index in [-0.39, 0.29) is 18.7 Å². The Labute approximate surface area is 118 Å². The molecule has 2 aromatic rings. The molecule has 0 saturated carbocycles. The van der Waals surface area contributed by atoms with Gasteiger partial charge in [-0.3, -0.25) is 19.7 Å². The average molecular weight is 286 g/mol. The molecule has 0 radical (unpaired) electrons. The van der Waals surface area contributed by atoms with Crippen LogP contribution in [0.25, 0.3) is 11.0 Å². The summed E-state index contributed by atoms with van der Waals surface area (Å²) in [6.07, 6.45) is 0. The van der Waals surface area contributed by atoms with Crippen LogP contribution in [0.1, 0.15) is 10.4 Å². The van der Waals surface area contributed by atoms with Crippen LogP contribution in [0.3, 0.4) is 0 Å². The summed E-state index contributed by atoms with van der Waals surface area (Å²) in [7, 11) is 0. The van der Waals surface area contributed by atoms with Crippen molar-refractivity contribution in [2.75, 3.05) is 13.1 Å². The highest BCUT2D eigenvalue weighted by Crippen LogP contribution is 2.14. The number of nitrogens with zero attached hydrogens (tertiary/aromatic N) is 1. The molecule has 106 valence electrons. The molecular weight excluding hydrogens is 276 g/mol. The van der Waals surface area contributed by atoms with Crippen molar-refractivity contribution in [2.24, 2.45) is 0 Å². The van der Waals surface area contributed by atoms with Gasteiger partial charge in [0.15, 0.2) is 0 Å². The van der Waals surface area contributed by atoms with Crippen molar-refractivity contribution < 1.29 is 18.8 Å². The standard InChI is InChI=1S/C14H10N2O5/c17-11-6-16(7-12(18)15-11)13(19)9-5-8-3-1-2-4-10(8)21-14(9)20/h1-5H,6-7H2,(H,15,17,18). The Kier molecular flexibility index (Phi) is 3.02. The van der Waals surface area contributed by atoms with Crippen molar-refractivity contribution in [2.45, 2.75) is 0 Å². The molecule has 1 saturated heterocycles. The maximum absolute atomic E-state index is 12.3. The molecule has 3 amide bonds. The predicted molar refractivity (Wildman–Crippen MR) is 71.5 cm³/mol. The van der Waals surface area contributed by atoms with Crippen molar-refractivity contribution in [3.8, 4) is 0 Å². The third-order valence-corrected chi connectivity index (χ3v) is 3.11. The molecule has 0 unspecified atom stereocenters. The summed E-state index contributed by atoms with van der Waals surface area (Å²) in [6.45, 7) is -0.534. The van der Waals surface area contributed by atoms with E-state index in [1.165, 1.54) is 6.07 Å². The van der Waals surface area contributed by atoms with Crippen molar-refractivity contribution in [3.63, 3.8) is 0 Å². The molecule has 1 N–H and O–H groups in total. The molecule has 1 aromatic carbocycles. The van der Waals surface area contributed by atoms with E-state index in [4.69, 9.17) is 4.42 Å². The van der Waals surface area contributed by atoms with E-state index in [1.54, 1.807) is 24.3 Å². The van der Waals surface area contributed by atoms with Gasteiger partial charge in [-0.1, -0.05) is 18.2 Å². The van der Waals surface area contributed by atoms with E-state index in [9.17, 15) is 19.2 Å². The lowest BCUT2D eigenvalue weighted by atomic mass is 10.1. The summed E-state index contributed by atoms with van der Waals surface area (Å²) in [6, 6.07) is 8.17. The quantitative estimate of drug-likeness (QED) is 0.583. The lowest BCUT2D eigenvalue weighted by Crippen LogP contribution is -2.53. The van der Waals surface area contributed by atoms with Gasteiger partial charge in [0.25, 0.3) is 5.91 Å². The van der Waals surface area contributed by atoms with Gasteiger partial charge in [0.1, 0.15) is 24.2 Å². The number of rotatable bonds is 1. The van der Waals surface area contributed by atoms with Crippen LogP contribution in [0.15, 0.2) is 39.5 Å². The number of fused-ring (bicyclic) bond motifs is 1. The first-order chi connectivity index (χ1) is 10.0. The Morgan fingerprint density at radius 1 is 1.10 bits per heavy atom. The van der Waals surface area contributed by atoms with Crippen LogP contribution >= 0.6 is 0 Å². The number of benzene rings is 1. The van der Waals surface area contributed by atoms with Crippen molar-refractivity contribution in [3.05, 3.63) is 46.3 Å². The van der Waals surface area contributed by atoms with Crippen LogP contribution < -0.4 is 10.9 Å². The van der Waals surface area contributed by atoms with Gasteiger partial charge < -0.3 is 9.32 Å². The fourth-order valence-electron chi connectivity index (χ4n) is 2.16. The fraction of sp³-hybridized carbons (Fsp3) is 0.143. The van der Waals surface area contributed by atoms with Crippen LogP contribution in [0.4, 0.5) is 0 Å². The first kappa shape index (κ1) is 13.0. The Morgan fingerprint density at radius 3 is 2.48 bits per heavy atom. The van der Waals surface area contributed by atoms with E-state index in [0.717, 1.165) is 4.90 Å². The number of hydrogen-bond donors (Lipinski definition) is 1. The molecule has 1 fully saturated rings. The molecule has 1 aliphatic heterocycles. The number of nitrogens with one attached hydrogen (secondary N) is 1. The third-order valence-electron chi connectivity index (χ3n) is 3.11. The minimum absolute atomic E-state index is 0.198. The molecule has 7 heteroatoms. The smallest absolute Gasteiger partial charge is 0.349 e. The van der Waals surface area contributed by atoms with Gasteiger partial charge in [-0.05, 0) is 12.1 Å². The molecule has 0 bridgehead atoms. The molecule has 7 nitrogen and oxygen atoms in total. The average Bonchev–Trinajstić information content (AvgIpc) is 2.44. The Balaban J connectivity index is 2.01. The third kappa shape index (κ3) is 2.40. The zero-order valence-corrected chi connectivity index (χ0v) is 10.8. The topological polar surface area (TPSA) is 96.7 Å². The normalized spacial score (nSPS) is 15.1. The number of carbonyl (C=O) groups is 3. The number of carbonyl (C=O) groups excluding carboxylic acids is 3. The maximum Gasteiger partial charge on any atom is 0.349 e. The lowest BCUT2D eigenvalue weighted by Gasteiger charge is -2.25. The zero-order chi connectivity index (χ0) is 15.0. The summed E-state index contributed by atoms with van der Waals surface area (Å²) in [5.41, 5.74) is -0.625. The molecule has 0 spiro atoms. The Morgan fingerprint density at radius 2 is 1.76 bits per heavy atom. The first-order valence-electron chi connectivity index (χ1n) is 6.19. The summed E-state index contributed by atoms with van der Waals surface area (Å²) in [4.78, 5) is 47.8. The second kappa shape index (κ2) is 4.86. The SMILES string of the molecule is O=C1CN(C(=O)c2cc3ccccc3oc2=O)CC(=O)N1. The summed E-state index contributed by atoms with van der Waals surface area (Å²) in [5.74, 6) is -1.85. The highest BCUT2D eigenvalue weighted by Gasteiger charge is 2.29. The maximum atomic E-state index is 12.3. The van der Waals surface area contributed by atoms with Crippen LogP contribution in [0, 0.1) is 0 Å². The second-order valence-corrected chi connectivity index (χ2v) is 4.62. The Bertz CT molecular complexity index is 807.